The molecule has 2 aromatic heterocycles. The van der Waals surface area contributed by atoms with Gasteiger partial charge < -0.3 is 15.0 Å². The van der Waals surface area contributed by atoms with E-state index < -0.39 is 0 Å². The van der Waals surface area contributed by atoms with Gasteiger partial charge in [-0.3, -0.25) is 14.3 Å². The zero-order valence-electron chi connectivity index (χ0n) is 22.8. The summed E-state index contributed by atoms with van der Waals surface area (Å²) in [5.74, 6) is 0.771. The minimum atomic E-state index is -0.251. The minimum absolute atomic E-state index is 0.0237. The molecule has 0 bridgehead atoms. The Balaban J connectivity index is 1.29. The topological polar surface area (TPSA) is 99.3 Å². The van der Waals surface area contributed by atoms with Crippen LogP contribution in [0.3, 0.4) is 0 Å². The van der Waals surface area contributed by atoms with Gasteiger partial charge in [0.05, 0.1) is 19.3 Å². The van der Waals surface area contributed by atoms with Crippen LogP contribution in [-0.2, 0) is 4.74 Å². The molecule has 0 spiro atoms. The van der Waals surface area contributed by atoms with Gasteiger partial charge in [0.15, 0.2) is 0 Å². The Morgan fingerprint density at radius 3 is 2.50 bits per heavy atom. The normalized spacial score (nSPS) is 22.7. The van der Waals surface area contributed by atoms with Crippen molar-refractivity contribution in [2.75, 3.05) is 44.7 Å². The number of nitriles is 1. The second-order valence-electron chi connectivity index (χ2n) is 11.2. The quantitative estimate of drug-likeness (QED) is 0.529. The number of hydrogen-bond acceptors (Lipinski definition) is 8. The van der Waals surface area contributed by atoms with E-state index >= 15 is 0 Å². The number of ether oxygens (including phenoxy) is 1. The third-order valence-electron chi connectivity index (χ3n) is 9.10. The monoisotopic (exact) mass is 519 g/mol. The SMILES string of the molecule is C=CC(Nc1ncc2cc(C#N)c(=O)n(C3CCCC3)c2n1)[C@H](C)[C@@H](C)N1CCC(N2CCOCC2)CC1. The molecular formula is C29H41N7O2. The molecule has 3 fully saturated rings. The molecule has 5 rings (SSSR count). The second kappa shape index (κ2) is 11.9. The van der Waals surface area contributed by atoms with Crippen LogP contribution in [0.25, 0.3) is 11.0 Å². The summed E-state index contributed by atoms with van der Waals surface area (Å²) in [5, 5.41) is 13.7. The van der Waals surface area contributed by atoms with Crippen molar-refractivity contribution in [1.29, 1.82) is 5.26 Å². The Morgan fingerprint density at radius 2 is 1.84 bits per heavy atom. The highest BCUT2D eigenvalue weighted by atomic mass is 16.5. The molecule has 204 valence electrons. The first kappa shape index (κ1) is 26.8. The molecule has 1 aliphatic carbocycles. The van der Waals surface area contributed by atoms with E-state index in [4.69, 9.17) is 9.72 Å². The number of rotatable bonds is 8. The van der Waals surface area contributed by atoms with Gasteiger partial charge in [0, 0.05) is 42.8 Å². The third kappa shape index (κ3) is 5.49. The Labute approximate surface area is 225 Å². The molecule has 9 heteroatoms. The van der Waals surface area contributed by atoms with Gasteiger partial charge in [-0.15, -0.1) is 6.58 Å². The number of nitrogens with one attached hydrogen (secondary N) is 1. The van der Waals surface area contributed by atoms with E-state index in [9.17, 15) is 10.1 Å². The van der Waals surface area contributed by atoms with Crippen molar-refractivity contribution in [2.24, 2.45) is 5.92 Å². The summed E-state index contributed by atoms with van der Waals surface area (Å²) in [6, 6.07) is 4.76. The summed E-state index contributed by atoms with van der Waals surface area (Å²) in [5.41, 5.74) is 0.504. The maximum Gasteiger partial charge on any atom is 0.270 e. The Kier molecular flexibility index (Phi) is 8.42. The van der Waals surface area contributed by atoms with Crippen molar-refractivity contribution in [3.63, 3.8) is 0 Å². The first-order valence-electron chi connectivity index (χ1n) is 14.3. The van der Waals surface area contributed by atoms with Gasteiger partial charge in [0.25, 0.3) is 5.56 Å². The van der Waals surface area contributed by atoms with Gasteiger partial charge >= 0.3 is 0 Å². The lowest BCUT2D eigenvalue weighted by molar-refractivity contribution is -0.00521. The Hall–Kier alpha value is -2.80. The lowest BCUT2D eigenvalue weighted by Gasteiger charge is -2.44. The van der Waals surface area contributed by atoms with Crippen LogP contribution in [0.1, 0.15) is 64.0 Å². The van der Waals surface area contributed by atoms with E-state index in [0.717, 1.165) is 70.5 Å². The fourth-order valence-electron chi connectivity index (χ4n) is 6.56. The average Bonchev–Trinajstić information content (AvgIpc) is 3.50. The van der Waals surface area contributed by atoms with Gasteiger partial charge in [-0.05, 0) is 57.7 Å². The van der Waals surface area contributed by atoms with E-state index in [1.54, 1.807) is 16.8 Å². The number of likely N-dealkylation sites (tertiary alicyclic amines) is 1. The maximum atomic E-state index is 13.1. The van der Waals surface area contributed by atoms with E-state index in [-0.39, 0.29) is 29.1 Å². The van der Waals surface area contributed by atoms with E-state index in [1.165, 1.54) is 12.8 Å². The summed E-state index contributed by atoms with van der Waals surface area (Å²) in [6.45, 7) is 14.7. The predicted molar refractivity (Wildman–Crippen MR) is 149 cm³/mol. The summed E-state index contributed by atoms with van der Waals surface area (Å²) >= 11 is 0. The molecule has 0 amide bonds. The molecular weight excluding hydrogens is 478 g/mol. The van der Waals surface area contributed by atoms with Crippen molar-refractivity contribution in [3.8, 4) is 6.07 Å². The van der Waals surface area contributed by atoms with Crippen molar-refractivity contribution >= 4 is 17.0 Å². The number of fused-ring (bicyclic) bond motifs is 1. The van der Waals surface area contributed by atoms with E-state index in [1.807, 2.05) is 6.08 Å². The smallest absolute Gasteiger partial charge is 0.270 e. The molecule has 0 aromatic carbocycles. The molecule has 3 atom stereocenters. The van der Waals surface area contributed by atoms with Crippen LogP contribution in [0.5, 0.6) is 0 Å². The lowest BCUT2D eigenvalue weighted by Crippen LogP contribution is -2.52. The number of piperidine rings is 1. The summed E-state index contributed by atoms with van der Waals surface area (Å²) in [7, 11) is 0. The summed E-state index contributed by atoms with van der Waals surface area (Å²) in [6.07, 6.45) is 10.1. The van der Waals surface area contributed by atoms with Gasteiger partial charge in [0.1, 0.15) is 17.3 Å². The molecule has 0 radical (unpaired) electrons. The number of pyridine rings is 1. The zero-order valence-corrected chi connectivity index (χ0v) is 22.8. The fraction of sp³-hybridized carbons (Fsp3) is 0.655. The van der Waals surface area contributed by atoms with Crippen LogP contribution >= 0.6 is 0 Å². The highest BCUT2D eigenvalue weighted by molar-refractivity contribution is 5.77. The predicted octanol–water partition coefficient (Wildman–Crippen LogP) is 3.57. The zero-order chi connectivity index (χ0) is 26.6. The molecule has 2 aliphatic heterocycles. The number of aromatic nitrogens is 3. The summed E-state index contributed by atoms with van der Waals surface area (Å²) in [4.78, 5) is 27.7. The number of anilines is 1. The molecule has 38 heavy (non-hydrogen) atoms. The van der Waals surface area contributed by atoms with Crippen LogP contribution in [0, 0.1) is 17.2 Å². The van der Waals surface area contributed by atoms with Crippen LogP contribution in [0.4, 0.5) is 5.95 Å². The lowest BCUT2D eigenvalue weighted by atomic mass is 9.91. The molecule has 3 aliphatic rings. The molecule has 2 aromatic rings. The molecule has 4 heterocycles. The van der Waals surface area contributed by atoms with E-state index in [0.29, 0.717) is 23.7 Å². The average molecular weight is 520 g/mol. The van der Waals surface area contributed by atoms with Crippen molar-refractivity contribution in [3.05, 3.63) is 40.8 Å². The molecule has 2 saturated heterocycles. The van der Waals surface area contributed by atoms with Crippen LogP contribution in [-0.4, -0.2) is 81.9 Å². The van der Waals surface area contributed by atoms with Crippen LogP contribution in [0.2, 0.25) is 0 Å². The van der Waals surface area contributed by atoms with Crippen molar-refractivity contribution in [1.82, 2.24) is 24.3 Å². The first-order valence-corrected chi connectivity index (χ1v) is 14.3. The third-order valence-corrected chi connectivity index (χ3v) is 9.10. The second-order valence-corrected chi connectivity index (χ2v) is 11.2. The minimum Gasteiger partial charge on any atom is -0.379 e. The van der Waals surface area contributed by atoms with Gasteiger partial charge in [-0.25, -0.2) is 4.98 Å². The van der Waals surface area contributed by atoms with Crippen molar-refractivity contribution < 1.29 is 4.74 Å². The molecule has 1 unspecified atom stereocenters. The van der Waals surface area contributed by atoms with Gasteiger partial charge in [0.2, 0.25) is 5.95 Å². The van der Waals surface area contributed by atoms with Crippen LogP contribution < -0.4 is 10.9 Å². The largest absolute Gasteiger partial charge is 0.379 e. The molecule has 1 N–H and O–H groups in total. The number of hydrogen-bond donors (Lipinski definition) is 1. The van der Waals surface area contributed by atoms with Crippen LogP contribution in [0.15, 0.2) is 29.7 Å². The maximum absolute atomic E-state index is 13.1. The highest BCUT2D eigenvalue weighted by Gasteiger charge is 2.32. The fourth-order valence-corrected chi connectivity index (χ4v) is 6.56. The highest BCUT2D eigenvalue weighted by Crippen LogP contribution is 2.31. The number of morpholine rings is 1. The Bertz CT molecular complexity index is 1220. The van der Waals surface area contributed by atoms with Crippen molar-refractivity contribution in [2.45, 2.75) is 76.5 Å². The Morgan fingerprint density at radius 1 is 1.13 bits per heavy atom. The number of nitrogens with zero attached hydrogens (tertiary/aromatic N) is 6. The van der Waals surface area contributed by atoms with E-state index in [2.05, 4.69) is 46.6 Å². The summed E-state index contributed by atoms with van der Waals surface area (Å²) < 4.78 is 7.27. The standard InChI is InChI=1S/C29H41N7O2/c1-4-26(20(2)21(3)34-11-9-24(10-12-34)35-13-15-38-16-14-35)32-29-31-19-23-17-22(18-30)28(37)36(27(23)33-29)25-7-5-6-8-25/h4,17,19-21,24-26H,1,5-16H2,2-3H3,(H,31,32,33)/t20-,21-,26?/m1/s1. The molecule has 1 saturated carbocycles. The first-order chi connectivity index (χ1) is 18.5. The van der Waals surface area contributed by atoms with Gasteiger partial charge in [-0.2, -0.15) is 10.2 Å². The molecule has 9 nitrogen and oxygen atoms in total. The van der Waals surface area contributed by atoms with Gasteiger partial charge in [-0.1, -0.05) is 25.8 Å².